The standard InChI is InChI=1S/C15H14ClN3/c1-10(2)12-5-3-4-6-13(12)18-15-8-11(9-17)7-14(16)19-15/h3-8,10H,1-2H3,(H,18,19). The molecule has 0 bridgehead atoms. The number of hydrogen-bond acceptors (Lipinski definition) is 3. The fraction of sp³-hybridized carbons (Fsp3) is 0.200. The highest BCUT2D eigenvalue weighted by atomic mass is 35.5. The van der Waals surface area contributed by atoms with Crippen LogP contribution in [-0.2, 0) is 0 Å². The monoisotopic (exact) mass is 271 g/mol. The molecule has 1 heterocycles. The van der Waals surface area contributed by atoms with Crippen molar-refractivity contribution in [1.82, 2.24) is 4.98 Å². The molecule has 0 radical (unpaired) electrons. The zero-order valence-electron chi connectivity index (χ0n) is 10.8. The number of rotatable bonds is 3. The molecule has 96 valence electrons. The zero-order chi connectivity index (χ0) is 13.8. The van der Waals surface area contributed by atoms with Gasteiger partial charge in [-0.2, -0.15) is 5.26 Å². The SMILES string of the molecule is CC(C)c1ccccc1Nc1cc(C#N)cc(Cl)n1. The van der Waals surface area contributed by atoms with E-state index in [0.29, 0.717) is 22.5 Å². The summed E-state index contributed by atoms with van der Waals surface area (Å²) in [6.07, 6.45) is 0. The van der Waals surface area contributed by atoms with Crippen molar-refractivity contribution < 1.29 is 0 Å². The van der Waals surface area contributed by atoms with Gasteiger partial charge < -0.3 is 5.32 Å². The highest BCUT2D eigenvalue weighted by Gasteiger charge is 2.07. The molecule has 0 saturated carbocycles. The van der Waals surface area contributed by atoms with Gasteiger partial charge in [0.1, 0.15) is 11.0 Å². The Kier molecular flexibility index (Phi) is 4.03. The van der Waals surface area contributed by atoms with Crippen LogP contribution >= 0.6 is 11.6 Å². The fourth-order valence-electron chi connectivity index (χ4n) is 1.88. The van der Waals surface area contributed by atoms with Crippen LogP contribution in [0.3, 0.4) is 0 Å². The van der Waals surface area contributed by atoms with Crippen LogP contribution in [-0.4, -0.2) is 4.98 Å². The Bertz CT molecular complexity index is 630. The third-order valence-electron chi connectivity index (χ3n) is 2.77. The Hall–Kier alpha value is -2.05. The van der Waals surface area contributed by atoms with Crippen molar-refractivity contribution in [3.63, 3.8) is 0 Å². The molecule has 1 aromatic carbocycles. The van der Waals surface area contributed by atoms with Crippen LogP contribution in [0.4, 0.5) is 11.5 Å². The molecule has 3 nitrogen and oxygen atoms in total. The molecule has 0 atom stereocenters. The first kappa shape index (κ1) is 13.4. The Balaban J connectivity index is 2.37. The lowest BCUT2D eigenvalue weighted by Gasteiger charge is -2.14. The zero-order valence-corrected chi connectivity index (χ0v) is 11.6. The molecule has 0 amide bonds. The van der Waals surface area contributed by atoms with Gasteiger partial charge in [-0.1, -0.05) is 43.6 Å². The fourth-order valence-corrected chi connectivity index (χ4v) is 2.09. The number of hydrogen-bond donors (Lipinski definition) is 1. The number of benzene rings is 1. The minimum Gasteiger partial charge on any atom is -0.340 e. The van der Waals surface area contributed by atoms with Crippen LogP contribution in [0.2, 0.25) is 5.15 Å². The molecule has 19 heavy (non-hydrogen) atoms. The first-order chi connectivity index (χ1) is 9.10. The molecular weight excluding hydrogens is 258 g/mol. The highest BCUT2D eigenvalue weighted by molar-refractivity contribution is 6.29. The maximum absolute atomic E-state index is 8.93. The van der Waals surface area contributed by atoms with Crippen LogP contribution in [0.5, 0.6) is 0 Å². The second kappa shape index (κ2) is 5.73. The van der Waals surface area contributed by atoms with E-state index in [1.807, 2.05) is 18.2 Å². The van der Waals surface area contributed by atoms with Crippen molar-refractivity contribution in [2.75, 3.05) is 5.32 Å². The van der Waals surface area contributed by atoms with E-state index >= 15 is 0 Å². The molecule has 4 heteroatoms. The van der Waals surface area contributed by atoms with E-state index in [2.05, 4.69) is 36.3 Å². The molecule has 0 saturated heterocycles. The van der Waals surface area contributed by atoms with Gasteiger partial charge in [-0.05, 0) is 29.7 Å². The van der Waals surface area contributed by atoms with Crippen LogP contribution in [0.15, 0.2) is 36.4 Å². The van der Waals surface area contributed by atoms with E-state index in [9.17, 15) is 0 Å². The molecule has 2 rings (SSSR count). The summed E-state index contributed by atoms with van der Waals surface area (Å²) in [6.45, 7) is 4.26. The maximum atomic E-state index is 8.93. The van der Waals surface area contributed by atoms with Crippen LogP contribution in [0.25, 0.3) is 0 Å². The summed E-state index contributed by atoms with van der Waals surface area (Å²) in [5.74, 6) is 0.982. The van der Waals surface area contributed by atoms with Gasteiger partial charge in [-0.25, -0.2) is 4.98 Å². The predicted molar refractivity (Wildman–Crippen MR) is 77.8 cm³/mol. The second-order valence-corrected chi connectivity index (χ2v) is 4.93. The number of pyridine rings is 1. The largest absolute Gasteiger partial charge is 0.340 e. The smallest absolute Gasteiger partial charge is 0.133 e. The first-order valence-electron chi connectivity index (χ1n) is 6.04. The van der Waals surface area contributed by atoms with Crippen molar-refractivity contribution in [2.45, 2.75) is 19.8 Å². The van der Waals surface area contributed by atoms with Gasteiger partial charge in [0, 0.05) is 5.69 Å². The summed E-state index contributed by atoms with van der Waals surface area (Å²) in [4.78, 5) is 4.18. The molecule has 0 aliphatic carbocycles. The number of halogens is 1. The van der Waals surface area contributed by atoms with Gasteiger partial charge in [0.2, 0.25) is 0 Å². The van der Waals surface area contributed by atoms with Crippen LogP contribution < -0.4 is 5.32 Å². The van der Waals surface area contributed by atoms with E-state index in [1.165, 1.54) is 5.56 Å². The average Bonchev–Trinajstić information content (AvgIpc) is 2.38. The number of para-hydroxylation sites is 1. The minimum absolute atomic E-state index is 0.309. The lowest BCUT2D eigenvalue weighted by molar-refractivity contribution is 0.869. The van der Waals surface area contributed by atoms with E-state index in [1.54, 1.807) is 12.1 Å². The lowest BCUT2D eigenvalue weighted by Crippen LogP contribution is -1.99. The Labute approximate surface area is 117 Å². The molecule has 0 fully saturated rings. The summed E-state index contributed by atoms with van der Waals surface area (Å²) in [6, 6.07) is 13.3. The van der Waals surface area contributed by atoms with Gasteiger partial charge in [0.15, 0.2) is 0 Å². The molecule has 0 spiro atoms. The molecule has 2 aromatic rings. The topological polar surface area (TPSA) is 48.7 Å². The molecule has 0 aliphatic heterocycles. The van der Waals surface area contributed by atoms with E-state index in [-0.39, 0.29) is 0 Å². The van der Waals surface area contributed by atoms with Crippen LogP contribution in [0.1, 0.15) is 30.9 Å². The minimum atomic E-state index is 0.309. The number of nitrogens with one attached hydrogen (secondary N) is 1. The Morgan fingerprint density at radius 3 is 2.68 bits per heavy atom. The van der Waals surface area contributed by atoms with Crippen molar-refractivity contribution in [1.29, 1.82) is 5.26 Å². The predicted octanol–water partition coefficient (Wildman–Crippen LogP) is 4.47. The quantitative estimate of drug-likeness (QED) is 0.838. The van der Waals surface area contributed by atoms with Crippen molar-refractivity contribution in [3.05, 3.63) is 52.7 Å². The van der Waals surface area contributed by atoms with Gasteiger partial charge >= 0.3 is 0 Å². The summed E-state index contributed by atoms with van der Waals surface area (Å²) in [5, 5.41) is 12.5. The molecule has 0 aliphatic rings. The first-order valence-corrected chi connectivity index (χ1v) is 6.41. The van der Waals surface area contributed by atoms with E-state index in [4.69, 9.17) is 16.9 Å². The number of nitrogens with zero attached hydrogens (tertiary/aromatic N) is 2. The molecule has 0 unspecified atom stereocenters. The third-order valence-corrected chi connectivity index (χ3v) is 2.96. The summed E-state index contributed by atoms with van der Waals surface area (Å²) in [7, 11) is 0. The van der Waals surface area contributed by atoms with E-state index < -0.39 is 0 Å². The number of aromatic nitrogens is 1. The second-order valence-electron chi connectivity index (χ2n) is 4.54. The highest BCUT2D eigenvalue weighted by Crippen LogP contribution is 2.27. The van der Waals surface area contributed by atoms with Gasteiger partial charge in [0.05, 0.1) is 11.6 Å². The number of anilines is 2. The van der Waals surface area contributed by atoms with Crippen LogP contribution in [0, 0.1) is 11.3 Å². The normalized spacial score (nSPS) is 10.3. The van der Waals surface area contributed by atoms with Gasteiger partial charge in [-0.3, -0.25) is 0 Å². The maximum Gasteiger partial charge on any atom is 0.133 e. The van der Waals surface area contributed by atoms with Gasteiger partial charge in [0.25, 0.3) is 0 Å². The molecular formula is C15H14ClN3. The lowest BCUT2D eigenvalue weighted by atomic mass is 10.0. The van der Waals surface area contributed by atoms with Crippen molar-refractivity contribution in [3.8, 4) is 6.07 Å². The summed E-state index contributed by atoms with van der Waals surface area (Å²) >= 11 is 5.90. The van der Waals surface area contributed by atoms with Crippen molar-refractivity contribution >= 4 is 23.1 Å². The van der Waals surface area contributed by atoms with Gasteiger partial charge in [-0.15, -0.1) is 0 Å². The number of nitriles is 1. The van der Waals surface area contributed by atoms with Crippen molar-refractivity contribution in [2.24, 2.45) is 0 Å². The average molecular weight is 272 g/mol. The molecule has 1 N–H and O–H groups in total. The molecule has 1 aromatic heterocycles. The summed E-state index contributed by atoms with van der Waals surface area (Å²) in [5.41, 5.74) is 2.67. The Morgan fingerprint density at radius 2 is 2.00 bits per heavy atom. The third kappa shape index (κ3) is 3.24. The summed E-state index contributed by atoms with van der Waals surface area (Å²) < 4.78 is 0. The van der Waals surface area contributed by atoms with E-state index in [0.717, 1.165) is 5.69 Å². The Morgan fingerprint density at radius 1 is 1.26 bits per heavy atom.